The Morgan fingerprint density at radius 3 is 2.50 bits per heavy atom. The number of halogens is 3. The van der Waals surface area contributed by atoms with Gasteiger partial charge in [0.05, 0.1) is 5.56 Å². The van der Waals surface area contributed by atoms with Crippen molar-refractivity contribution in [3.05, 3.63) is 35.4 Å². The largest absolute Gasteiger partial charge is 0.416 e. The monoisotopic (exact) mass is 232 g/mol. The van der Waals surface area contributed by atoms with Crippen LogP contribution in [0.25, 0.3) is 0 Å². The van der Waals surface area contributed by atoms with E-state index >= 15 is 0 Å². The molecular formula is C11H15F3N2. The zero-order chi connectivity index (χ0) is 12.2. The van der Waals surface area contributed by atoms with Gasteiger partial charge in [-0.1, -0.05) is 12.1 Å². The van der Waals surface area contributed by atoms with Gasteiger partial charge in [0.25, 0.3) is 0 Å². The van der Waals surface area contributed by atoms with Crippen molar-refractivity contribution in [2.24, 2.45) is 11.5 Å². The summed E-state index contributed by atoms with van der Waals surface area (Å²) in [5.74, 6) is 0. The summed E-state index contributed by atoms with van der Waals surface area (Å²) in [4.78, 5) is 0. The van der Waals surface area contributed by atoms with Gasteiger partial charge in [-0.15, -0.1) is 0 Å². The third-order valence-corrected chi connectivity index (χ3v) is 2.36. The molecule has 1 rings (SSSR count). The minimum atomic E-state index is -4.32. The average molecular weight is 232 g/mol. The highest BCUT2D eigenvalue weighted by atomic mass is 19.4. The van der Waals surface area contributed by atoms with Crippen LogP contribution in [0, 0.1) is 0 Å². The summed E-state index contributed by atoms with van der Waals surface area (Å²) >= 11 is 0. The van der Waals surface area contributed by atoms with Crippen molar-refractivity contribution in [1.82, 2.24) is 0 Å². The summed E-state index contributed by atoms with van der Waals surface area (Å²) in [6.07, 6.45) is -3.02. The summed E-state index contributed by atoms with van der Waals surface area (Å²) in [6, 6.07) is 4.74. The fourth-order valence-electron chi connectivity index (χ4n) is 1.45. The predicted molar refractivity (Wildman–Crippen MR) is 56.7 cm³/mol. The highest BCUT2D eigenvalue weighted by Gasteiger charge is 2.30. The van der Waals surface area contributed by atoms with Gasteiger partial charge in [-0.25, -0.2) is 0 Å². The SMILES string of the molecule is NCCC[C@H](N)c1cccc(C(F)(F)F)c1. The van der Waals surface area contributed by atoms with Gasteiger partial charge in [-0.2, -0.15) is 13.2 Å². The molecule has 1 aromatic carbocycles. The summed E-state index contributed by atoms with van der Waals surface area (Å²) in [5, 5.41) is 0. The third-order valence-electron chi connectivity index (χ3n) is 2.36. The van der Waals surface area contributed by atoms with Crippen LogP contribution in [0.2, 0.25) is 0 Å². The lowest BCUT2D eigenvalue weighted by molar-refractivity contribution is -0.137. The van der Waals surface area contributed by atoms with E-state index in [0.29, 0.717) is 24.9 Å². The van der Waals surface area contributed by atoms with Crippen LogP contribution in [0.15, 0.2) is 24.3 Å². The Bertz CT molecular complexity index is 336. The van der Waals surface area contributed by atoms with E-state index in [0.717, 1.165) is 12.1 Å². The Morgan fingerprint density at radius 2 is 1.94 bits per heavy atom. The molecule has 1 aromatic rings. The van der Waals surface area contributed by atoms with Crippen molar-refractivity contribution >= 4 is 0 Å². The molecule has 0 spiro atoms. The Morgan fingerprint density at radius 1 is 1.25 bits per heavy atom. The number of hydrogen-bond donors (Lipinski definition) is 2. The number of hydrogen-bond acceptors (Lipinski definition) is 2. The molecule has 2 nitrogen and oxygen atoms in total. The van der Waals surface area contributed by atoms with Gasteiger partial charge in [-0.05, 0) is 37.1 Å². The maximum Gasteiger partial charge on any atom is 0.416 e. The Hall–Kier alpha value is -1.07. The molecule has 0 saturated heterocycles. The molecule has 0 aliphatic rings. The molecular weight excluding hydrogens is 217 g/mol. The van der Waals surface area contributed by atoms with E-state index in [1.54, 1.807) is 6.07 Å². The molecule has 0 bridgehead atoms. The molecule has 0 aliphatic carbocycles. The summed E-state index contributed by atoms with van der Waals surface area (Å²) in [5.41, 5.74) is 10.9. The summed E-state index contributed by atoms with van der Waals surface area (Å²) in [7, 11) is 0. The minimum Gasteiger partial charge on any atom is -0.330 e. The van der Waals surface area contributed by atoms with Crippen LogP contribution in [-0.2, 0) is 6.18 Å². The van der Waals surface area contributed by atoms with Gasteiger partial charge in [-0.3, -0.25) is 0 Å². The standard InChI is InChI=1S/C11H15F3N2/c12-11(13,14)9-4-1-3-8(7-9)10(16)5-2-6-15/h1,3-4,7,10H,2,5-6,15-16H2/t10-/m0/s1. The maximum absolute atomic E-state index is 12.4. The zero-order valence-corrected chi connectivity index (χ0v) is 8.80. The molecule has 4 N–H and O–H groups in total. The van der Waals surface area contributed by atoms with Gasteiger partial charge in [0, 0.05) is 6.04 Å². The van der Waals surface area contributed by atoms with Crippen molar-refractivity contribution in [1.29, 1.82) is 0 Å². The van der Waals surface area contributed by atoms with Crippen LogP contribution in [0.5, 0.6) is 0 Å². The van der Waals surface area contributed by atoms with Crippen molar-refractivity contribution in [3.63, 3.8) is 0 Å². The Balaban J connectivity index is 2.82. The van der Waals surface area contributed by atoms with Gasteiger partial charge in [0.1, 0.15) is 0 Å². The van der Waals surface area contributed by atoms with Gasteiger partial charge in [0.2, 0.25) is 0 Å². The topological polar surface area (TPSA) is 52.0 Å². The predicted octanol–water partition coefficient (Wildman–Crippen LogP) is 2.44. The first-order valence-electron chi connectivity index (χ1n) is 5.08. The molecule has 0 unspecified atom stereocenters. The second-order valence-electron chi connectivity index (χ2n) is 3.66. The van der Waals surface area contributed by atoms with E-state index in [2.05, 4.69) is 0 Å². The number of nitrogens with two attached hydrogens (primary N) is 2. The van der Waals surface area contributed by atoms with Crippen LogP contribution in [-0.4, -0.2) is 6.54 Å². The average Bonchev–Trinajstić information content (AvgIpc) is 2.25. The summed E-state index contributed by atoms with van der Waals surface area (Å²) < 4.78 is 37.3. The molecule has 0 heterocycles. The van der Waals surface area contributed by atoms with Crippen LogP contribution >= 0.6 is 0 Å². The number of benzene rings is 1. The first kappa shape index (κ1) is 13.0. The van der Waals surface area contributed by atoms with Crippen molar-refractivity contribution in [2.45, 2.75) is 25.1 Å². The fraction of sp³-hybridized carbons (Fsp3) is 0.455. The lowest BCUT2D eigenvalue weighted by Gasteiger charge is -2.14. The lowest BCUT2D eigenvalue weighted by atomic mass is 10.0. The second kappa shape index (κ2) is 5.32. The second-order valence-corrected chi connectivity index (χ2v) is 3.66. The van der Waals surface area contributed by atoms with E-state index in [1.165, 1.54) is 6.07 Å². The van der Waals surface area contributed by atoms with E-state index in [1.807, 2.05) is 0 Å². The van der Waals surface area contributed by atoms with Gasteiger partial charge >= 0.3 is 6.18 Å². The van der Waals surface area contributed by atoms with Gasteiger partial charge < -0.3 is 11.5 Å². The molecule has 0 fully saturated rings. The fourth-order valence-corrected chi connectivity index (χ4v) is 1.45. The Labute approximate surface area is 92.4 Å². The molecule has 0 aliphatic heterocycles. The summed E-state index contributed by atoms with van der Waals surface area (Å²) in [6.45, 7) is 0.493. The van der Waals surface area contributed by atoms with Crippen LogP contribution in [0.1, 0.15) is 30.0 Å². The highest BCUT2D eigenvalue weighted by Crippen LogP contribution is 2.30. The van der Waals surface area contributed by atoms with E-state index in [4.69, 9.17) is 11.5 Å². The zero-order valence-electron chi connectivity index (χ0n) is 8.80. The van der Waals surface area contributed by atoms with Crippen LogP contribution in [0.4, 0.5) is 13.2 Å². The van der Waals surface area contributed by atoms with E-state index in [9.17, 15) is 13.2 Å². The molecule has 1 atom stereocenters. The van der Waals surface area contributed by atoms with Crippen molar-refractivity contribution < 1.29 is 13.2 Å². The van der Waals surface area contributed by atoms with Crippen molar-refractivity contribution in [3.8, 4) is 0 Å². The number of rotatable bonds is 4. The first-order chi connectivity index (χ1) is 7.45. The van der Waals surface area contributed by atoms with E-state index in [-0.39, 0.29) is 6.04 Å². The van der Waals surface area contributed by atoms with Crippen LogP contribution < -0.4 is 11.5 Å². The molecule has 90 valence electrons. The molecule has 0 radical (unpaired) electrons. The molecule has 16 heavy (non-hydrogen) atoms. The lowest BCUT2D eigenvalue weighted by Crippen LogP contribution is -2.14. The molecule has 5 heteroatoms. The molecule has 0 aromatic heterocycles. The smallest absolute Gasteiger partial charge is 0.330 e. The highest BCUT2D eigenvalue weighted by molar-refractivity contribution is 5.27. The Kier molecular flexibility index (Phi) is 4.32. The third kappa shape index (κ3) is 3.50. The molecule has 0 amide bonds. The minimum absolute atomic E-state index is 0.383. The van der Waals surface area contributed by atoms with Crippen LogP contribution in [0.3, 0.4) is 0 Å². The first-order valence-corrected chi connectivity index (χ1v) is 5.08. The van der Waals surface area contributed by atoms with E-state index < -0.39 is 11.7 Å². The van der Waals surface area contributed by atoms with Crippen molar-refractivity contribution in [2.75, 3.05) is 6.54 Å². The number of alkyl halides is 3. The molecule has 0 saturated carbocycles. The van der Waals surface area contributed by atoms with Gasteiger partial charge in [0.15, 0.2) is 0 Å². The normalized spacial score (nSPS) is 13.8. The maximum atomic E-state index is 12.4. The quantitative estimate of drug-likeness (QED) is 0.837.